The normalized spacial score (nSPS) is 18.5. The lowest BCUT2D eigenvalue weighted by atomic mass is 10.2. The van der Waals surface area contributed by atoms with Crippen molar-refractivity contribution in [3.8, 4) is 0 Å². The van der Waals surface area contributed by atoms with Crippen molar-refractivity contribution in [2.24, 2.45) is 0 Å². The average molecular weight is 141 g/mol. The van der Waals surface area contributed by atoms with Gasteiger partial charge in [0.1, 0.15) is 0 Å². The van der Waals surface area contributed by atoms with Gasteiger partial charge in [0.25, 0.3) is 0 Å². The smallest absolute Gasteiger partial charge is 0.0587 e. The second-order valence-corrected chi connectivity index (χ2v) is 2.59. The van der Waals surface area contributed by atoms with E-state index in [-0.39, 0.29) is 0 Å². The van der Waals surface area contributed by atoms with Crippen molar-refractivity contribution in [3.05, 3.63) is 12.2 Å². The van der Waals surface area contributed by atoms with Crippen LogP contribution in [0.5, 0.6) is 0 Å². The molecule has 0 heterocycles. The fraction of sp³-hybridized carbons (Fsp3) is 0.750. The van der Waals surface area contributed by atoms with Gasteiger partial charge >= 0.3 is 0 Å². The third kappa shape index (κ3) is 2.50. The Morgan fingerprint density at radius 3 is 2.80 bits per heavy atom. The maximum Gasteiger partial charge on any atom is 0.0587 e. The fourth-order valence-electron chi connectivity index (χ4n) is 1.15. The highest BCUT2D eigenvalue weighted by Gasteiger charge is 2.07. The summed E-state index contributed by atoms with van der Waals surface area (Å²) in [5.41, 5.74) is 0. The average Bonchev–Trinajstić information content (AvgIpc) is 2.41. The predicted molar refractivity (Wildman–Crippen MR) is 42.0 cm³/mol. The Hall–Kier alpha value is -0.340. The van der Waals surface area contributed by atoms with Crippen molar-refractivity contribution in [2.75, 3.05) is 20.3 Å². The van der Waals surface area contributed by atoms with Gasteiger partial charge in [-0.2, -0.15) is 0 Å². The molecular formula is C8H15NO. The lowest BCUT2D eigenvalue weighted by molar-refractivity contribution is 0.196. The van der Waals surface area contributed by atoms with Gasteiger partial charge in [0.05, 0.1) is 6.61 Å². The minimum absolute atomic E-state index is 0.676. The summed E-state index contributed by atoms with van der Waals surface area (Å²) in [6, 6.07) is 0.676. The molecule has 0 radical (unpaired) electrons. The Balaban J connectivity index is 1.93. The molecule has 1 rings (SSSR count). The molecule has 58 valence electrons. The molecule has 1 aliphatic carbocycles. The molecule has 0 spiro atoms. The van der Waals surface area contributed by atoms with Crippen molar-refractivity contribution >= 4 is 0 Å². The van der Waals surface area contributed by atoms with Crippen LogP contribution >= 0.6 is 0 Å². The number of hydrogen-bond acceptors (Lipinski definition) is 2. The van der Waals surface area contributed by atoms with Gasteiger partial charge in [0.15, 0.2) is 0 Å². The quantitative estimate of drug-likeness (QED) is 0.464. The molecule has 0 atom stereocenters. The number of ether oxygens (including phenoxy) is 1. The number of methoxy groups -OCH3 is 1. The topological polar surface area (TPSA) is 21.3 Å². The van der Waals surface area contributed by atoms with E-state index < -0.39 is 0 Å². The zero-order valence-electron chi connectivity index (χ0n) is 6.47. The minimum Gasteiger partial charge on any atom is -0.383 e. The van der Waals surface area contributed by atoms with Gasteiger partial charge in [-0.3, -0.25) is 0 Å². The molecule has 0 aromatic carbocycles. The molecule has 0 aromatic rings. The van der Waals surface area contributed by atoms with Crippen LogP contribution in [-0.2, 0) is 4.74 Å². The van der Waals surface area contributed by atoms with Crippen molar-refractivity contribution in [1.29, 1.82) is 0 Å². The van der Waals surface area contributed by atoms with Gasteiger partial charge < -0.3 is 10.1 Å². The number of nitrogens with one attached hydrogen (secondary N) is 1. The van der Waals surface area contributed by atoms with Crippen LogP contribution in [0.25, 0.3) is 0 Å². The van der Waals surface area contributed by atoms with Crippen LogP contribution in [0.15, 0.2) is 12.2 Å². The predicted octanol–water partition coefficient (Wildman–Crippen LogP) is 0.941. The van der Waals surface area contributed by atoms with Crippen molar-refractivity contribution < 1.29 is 4.74 Å². The molecule has 1 N–H and O–H groups in total. The van der Waals surface area contributed by atoms with Crippen LogP contribution in [0.2, 0.25) is 0 Å². The molecule has 0 saturated carbocycles. The Morgan fingerprint density at radius 1 is 1.50 bits per heavy atom. The van der Waals surface area contributed by atoms with E-state index >= 15 is 0 Å². The van der Waals surface area contributed by atoms with E-state index in [9.17, 15) is 0 Å². The fourth-order valence-corrected chi connectivity index (χ4v) is 1.15. The molecule has 10 heavy (non-hydrogen) atoms. The highest BCUT2D eigenvalue weighted by Crippen LogP contribution is 2.07. The lowest BCUT2D eigenvalue weighted by Crippen LogP contribution is -2.29. The second-order valence-electron chi connectivity index (χ2n) is 2.59. The highest BCUT2D eigenvalue weighted by molar-refractivity contribution is 4.97. The Kier molecular flexibility index (Phi) is 3.47. The summed E-state index contributed by atoms with van der Waals surface area (Å²) in [5, 5.41) is 3.40. The monoisotopic (exact) mass is 141 g/mol. The van der Waals surface area contributed by atoms with Crippen LogP contribution in [0, 0.1) is 0 Å². The van der Waals surface area contributed by atoms with E-state index in [1.54, 1.807) is 7.11 Å². The standard InChI is InChI=1S/C8H15NO/c1-10-7-6-9-8-4-2-3-5-8/h2-3,8-9H,4-7H2,1H3. The lowest BCUT2D eigenvalue weighted by Gasteiger charge is -2.10. The summed E-state index contributed by atoms with van der Waals surface area (Å²) in [7, 11) is 1.73. The summed E-state index contributed by atoms with van der Waals surface area (Å²) < 4.78 is 4.92. The van der Waals surface area contributed by atoms with E-state index in [0.29, 0.717) is 6.04 Å². The molecule has 1 aliphatic rings. The number of rotatable bonds is 4. The Bertz CT molecular complexity index is 104. The van der Waals surface area contributed by atoms with Crippen molar-refractivity contribution in [3.63, 3.8) is 0 Å². The maximum atomic E-state index is 4.92. The van der Waals surface area contributed by atoms with Gasteiger partial charge in [0.2, 0.25) is 0 Å². The summed E-state index contributed by atoms with van der Waals surface area (Å²) in [6.45, 7) is 1.79. The van der Waals surface area contributed by atoms with Crippen LogP contribution in [0.3, 0.4) is 0 Å². The molecule has 0 unspecified atom stereocenters. The third-order valence-electron chi connectivity index (χ3n) is 1.75. The Labute approximate surface area is 62.3 Å². The van der Waals surface area contributed by atoms with Crippen LogP contribution in [0.4, 0.5) is 0 Å². The first-order chi connectivity index (χ1) is 4.93. The van der Waals surface area contributed by atoms with Crippen molar-refractivity contribution in [2.45, 2.75) is 18.9 Å². The molecule has 0 bridgehead atoms. The van der Waals surface area contributed by atoms with E-state index in [4.69, 9.17) is 4.74 Å². The summed E-state index contributed by atoms with van der Waals surface area (Å²) >= 11 is 0. The Morgan fingerprint density at radius 2 is 2.20 bits per heavy atom. The second kappa shape index (κ2) is 4.47. The summed E-state index contributed by atoms with van der Waals surface area (Å²) in [4.78, 5) is 0. The number of hydrogen-bond donors (Lipinski definition) is 1. The molecule has 2 nitrogen and oxygen atoms in total. The van der Waals surface area contributed by atoms with E-state index in [2.05, 4.69) is 17.5 Å². The van der Waals surface area contributed by atoms with Gasteiger partial charge in [-0.05, 0) is 12.8 Å². The van der Waals surface area contributed by atoms with E-state index in [0.717, 1.165) is 13.2 Å². The first-order valence-electron chi connectivity index (χ1n) is 3.81. The maximum absolute atomic E-state index is 4.92. The van der Waals surface area contributed by atoms with Gasteiger partial charge in [-0.1, -0.05) is 12.2 Å². The molecule has 0 amide bonds. The minimum atomic E-state index is 0.676. The SMILES string of the molecule is COCCNC1CC=CC1. The van der Waals surface area contributed by atoms with Crippen LogP contribution in [-0.4, -0.2) is 26.3 Å². The van der Waals surface area contributed by atoms with Gasteiger partial charge in [-0.15, -0.1) is 0 Å². The van der Waals surface area contributed by atoms with Crippen LogP contribution in [0.1, 0.15) is 12.8 Å². The third-order valence-corrected chi connectivity index (χ3v) is 1.75. The van der Waals surface area contributed by atoms with E-state index in [1.807, 2.05) is 0 Å². The zero-order chi connectivity index (χ0) is 7.23. The van der Waals surface area contributed by atoms with Gasteiger partial charge in [-0.25, -0.2) is 0 Å². The largest absolute Gasteiger partial charge is 0.383 e. The first kappa shape index (κ1) is 7.76. The van der Waals surface area contributed by atoms with E-state index in [1.165, 1.54) is 12.8 Å². The molecule has 0 saturated heterocycles. The summed E-state index contributed by atoms with van der Waals surface area (Å²) in [5.74, 6) is 0. The summed E-state index contributed by atoms with van der Waals surface area (Å²) in [6.07, 6.45) is 6.82. The molecule has 0 aromatic heterocycles. The molecule has 0 aliphatic heterocycles. The molecular weight excluding hydrogens is 126 g/mol. The zero-order valence-corrected chi connectivity index (χ0v) is 6.47. The first-order valence-corrected chi connectivity index (χ1v) is 3.81. The van der Waals surface area contributed by atoms with Crippen molar-refractivity contribution in [1.82, 2.24) is 5.32 Å². The van der Waals surface area contributed by atoms with Gasteiger partial charge in [0, 0.05) is 19.7 Å². The van der Waals surface area contributed by atoms with Crippen LogP contribution < -0.4 is 5.32 Å². The highest BCUT2D eigenvalue weighted by atomic mass is 16.5. The molecule has 2 heteroatoms. The molecule has 0 fully saturated rings.